The first-order chi connectivity index (χ1) is 7.99. The lowest BCUT2D eigenvalue weighted by Gasteiger charge is -2.08. The summed E-state index contributed by atoms with van der Waals surface area (Å²) >= 11 is 0. The quantitative estimate of drug-likeness (QED) is 0.686. The fraction of sp³-hybridized carbons (Fsp3) is 0.462. The highest BCUT2D eigenvalue weighted by Crippen LogP contribution is 2.20. The Bertz CT molecular complexity index is 389. The lowest BCUT2D eigenvalue weighted by Crippen LogP contribution is -2.16. The van der Waals surface area contributed by atoms with Crippen LogP contribution in [0, 0.1) is 6.92 Å². The molecule has 0 fully saturated rings. The number of hydrogen-bond donors (Lipinski definition) is 3. The molecule has 0 spiro atoms. The van der Waals surface area contributed by atoms with Crippen molar-refractivity contribution < 1.29 is 9.90 Å². The Labute approximate surface area is 102 Å². The molecule has 1 unspecified atom stereocenters. The minimum atomic E-state index is -0.0178. The van der Waals surface area contributed by atoms with Crippen LogP contribution in [0.1, 0.15) is 31.7 Å². The standard InChI is InChI=1S/C13H20N2O2/c1-9-8-11(6-7-12(9)16)15-13(17)5-3-4-10(2)14/h6-8,10,16H,3-5,14H2,1-2H3,(H,15,17). The SMILES string of the molecule is Cc1cc(NC(=O)CCCC(C)N)ccc1O. The van der Waals surface area contributed by atoms with E-state index in [0.717, 1.165) is 18.4 Å². The van der Waals surface area contributed by atoms with Gasteiger partial charge in [0.15, 0.2) is 0 Å². The summed E-state index contributed by atoms with van der Waals surface area (Å²) < 4.78 is 0. The summed E-state index contributed by atoms with van der Waals surface area (Å²) in [5.74, 6) is 0.218. The molecule has 0 aliphatic heterocycles. The van der Waals surface area contributed by atoms with Crippen LogP contribution in [-0.2, 0) is 4.79 Å². The summed E-state index contributed by atoms with van der Waals surface area (Å²) in [5, 5.41) is 12.1. The smallest absolute Gasteiger partial charge is 0.224 e. The van der Waals surface area contributed by atoms with Gasteiger partial charge in [0.1, 0.15) is 5.75 Å². The molecule has 0 saturated heterocycles. The number of aromatic hydroxyl groups is 1. The minimum Gasteiger partial charge on any atom is -0.508 e. The van der Waals surface area contributed by atoms with Gasteiger partial charge in [-0.15, -0.1) is 0 Å². The second kappa shape index (κ2) is 6.25. The van der Waals surface area contributed by atoms with Gasteiger partial charge < -0.3 is 16.2 Å². The van der Waals surface area contributed by atoms with Crippen molar-refractivity contribution in [3.8, 4) is 5.75 Å². The second-order valence-electron chi connectivity index (χ2n) is 4.42. The Kier molecular flexibility index (Phi) is 4.97. The number of hydrogen-bond acceptors (Lipinski definition) is 3. The van der Waals surface area contributed by atoms with Gasteiger partial charge in [0.05, 0.1) is 0 Å². The van der Waals surface area contributed by atoms with Crippen LogP contribution in [0.25, 0.3) is 0 Å². The molecular weight excluding hydrogens is 216 g/mol. The van der Waals surface area contributed by atoms with Crippen molar-refractivity contribution in [2.45, 2.75) is 39.2 Å². The molecule has 17 heavy (non-hydrogen) atoms. The van der Waals surface area contributed by atoms with Crippen molar-refractivity contribution in [1.29, 1.82) is 0 Å². The van der Waals surface area contributed by atoms with E-state index in [4.69, 9.17) is 5.73 Å². The van der Waals surface area contributed by atoms with E-state index in [1.54, 1.807) is 25.1 Å². The number of amides is 1. The first kappa shape index (κ1) is 13.5. The predicted octanol–water partition coefficient (Wildman–Crippen LogP) is 2.16. The Balaban J connectivity index is 2.42. The normalized spacial score (nSPS) is 12.2. The van der Waals surface area contributed by atoms with Crippen LogP contribution in [-0.4, -0.2) is 17.1 Å². The van der Waals surface area contributed by atoms with Crippen LogP contribution in [0.15, 0.2) is 18.2 Å². The van der Waals surface area contributed by atoms with Crippen molar-refractivity contribution in [2.75, 3.05) is 5.32 Å². The van der Waals surface area contributed by atoms with Gasteiger partial charge in [0.25, 0.3) is 0 Å². The average molecular weight is 236 g/mol. The molecule has 1 aromatic rings. The van der Waals surface area contributed by atoms with Gasteiger partial charge in [-0.2, -0.15) is 0 Å². The van der Waals surface area contributed by atoms with Crippen molar-refractivity contribution in [2.24, 2.45) is 5.73 Å². The number of phenolic OH excluding ortho intramolecular Hbond substituents is 1. The number of nitrogens with one attached hydrogen (secondary N) is 1. The highest BCUT2D eigenvalue weighted by molar-refractivity contribution is 5.90. The molecule has 4 N–H and O–H groups in total. The third-order valence-corrected chi connectivity index (χ3v) is 2.54. The van der Waals surface area contributed by atoms with Crippen LogP contribution < -0.4 is 11.1 Å². The Morgan fingerprint density at radius 3 is 2.82 bits per heavy atom. The van der Waals surface area contributed by atoms with Crippen LogP contribution in [0.3, 0.4) is 0 Å². The molecule has 0 aromatic heterocycles. The number of anilines is 1. The Morgan fingerprint density at radius 1 is 1.53 bits per heavy atom. The Hall–Kier alpha value is -1.55. The maximum atomic E-state index is 11.6. The van der Waals surface area contributed by atoms with E-state index >= 15 is 0 Å². The maximum Gasteiger partial charge on any atom is 0.224 e. The van der Waals surface area contributed by atoms with Crippen LogP contribution in [0.5, 0.6) is 5.75 Å². The van der Waals surface area contributed by atoms with E-state index in [0.29, 0.717) is 12.1 Å². The number of nitrogens with two attached hydrogens (primary N) is 1. The fourth-order valence-corrected chi connectivity index (χ4v) is 1.54. The van der Waals surface area contributed by atoms with Gasteiger partial charge in [-0.25, -0.2) is 0 Å². The van der Waals surface area contributed by atoms with E-state index in [9.17, 15) is 9.90 Å². The topological polar surface area (TPSA) is 75.4 Å². The molecule has 1 atom stereocenters. The lowest BCUT2D eigenvalue weighted by atomic mass is 10.1. The minimum absolute atomic E-state index is 0.0178. The van der Waals surface area contributed by atoms with Gasteiger partial charge in [0, 0.05) is 18.2 Å². The average Bonchev–Trinajstić information content (AvgIpc) is 2.23. The molecule has 1 amide bonds. The predicted molar refractivity (Wildman–Crippen MR) is 69.0 cm³/mol. The first-order valence-electron chi connectivity index (χ1n) is 5.84. The number of rotatable bonds is 5. The van der Waals surface area contributed by atoms with Crippen molar-refractivity contribution in [3.63, 3.8) is 0 Å². The van der Waals surface area contributed by atoms with E-state index in [2.05, 4.69) is 5.32 Å². The highest BCUT2D eigenvalue weighted by atomic mass is 16.3. The Morgan fingerprint density at radius 2 is 2.24 bits per heavy atom. The number of aryl methyl sites for hydroxylation is 1. The molecular formula is C13H20N2O2. The zero-order valence-corrected chi connectivity index (χ0v) is 10.4. The number of benzene rings is 1. The van der Waals surface area contributed by atoms with Crippen LogP contribution >= 0.6 is 0 Å². The zero-order chi connectivity index (χ0) is 12.8. The number of carbonyl (C=O) groups is 1. The molecule has 0 radical (unpaired) electrons. The molecule has 0 aliphatic carbocycles. The van der Waals surface area contributed by atoms with Crippen molar-refractivity contribution in [3.05, 3.63) is 23.8 Å². The molecule has 1 rings (SSSR count). The van der Waals surface area contributed by atoms with Crippen LogP contribution in [0.2, 0.25) is 0 Å². The molecule has 0 saturated carbocycles. The van der Waals surface area contributed by atoms with E-state index < -0.39 is 0 Å². The summed E-state index contributed by atoms with van der Waals surface area (Å²) in [6, 6.07) is 5.15. The highest BCUT2D eigenvalue weighted by Gasteiger charge is 2.04. The summed E-state index contributed by atoms with van der Waals surface area (Å²) in [7, 11) is 0. The molecule has 4 heteroatoms. The van der Waals surface area contributed by atoms with Crippen molar-refractivity contribution in [1.82, 2.24) is 0 Å². The first-order valence-corrected chi connectivity index (χ1v) is 5.84. The molecule has 1 aromatic carbocycles. The third kappa shape index (κ3) is 4.87. The largest absolute Gasteiger partial charge is 0.508 e. The van der Waals surface area contributed by atoms with Gasteiger partial charge in [-0.1, -0.05) is 0 Å². The van der Waals surface area contributed by atoms with Gasteiger partial charge in [0.2, 0.25) is 5.91 Å². The van der Waals surface area contributed by atoms with E-state index in [1.165, 1.54) is 0 Å². The monoisotopic (exact) mass is 236 g/mol. The molecule has 0 aliphatic rings. The van der Waals surface area contributed by atoms with Gasteiger partial charge >= 0.3 is 0 Å². The maximum absolute atomic E-state index is 11.6. The lowest BCUT2D eigenvalue weighted by molar-refractivity contribution is -0.116. The zero-order valence-electron chi connectivity index (χ0n) is 10.4. The van der Waals surface area contributed by atoms with E-state index in [1.807, 2.05) is 6.92 Å². The number of carbonyl (C=O) groups excluding carboxylic acids is 1. The summed E-state index contributed by atoms with van der Waals surface area (Å²) in [4.78, 5) is 11.6. The second-order valence-corrected chi connectivity index (χ2v) is 4.42. The van der Waals surface area contributed by atoms with Crippen LogP contribution in [0.4, 0.5) is 5.69 Å². The fourth-order valence-electron chi connectivity index (χ4n) is 1.54. The number of phenols is 1. The summed E-state index contributed by atoms with van der Waals surface area (Å²) in [5.41, 5.74) is 7.07. The molecule has 4 nitrogen and oxygen atoms in total. The van der Waals surface area contributed by atoms with E-state index in [-0.39, 0.29) is 17.7 Å². The third-order valence-electron chi connectivity index (χ3n) is 2.54. The van der Waals surface area contributed by atoms with Gasteiger partial charge in [-0.3, -0.25) is 4.79 Å². The summed E-state index contributed by atoms with van der Waals surface area (Å²) in [6.07, 6.45) is 2.12. The molecule has 0 bridgehead atoms. The molecule has 94 valence electrons. The summed E-state index contributed by atoms with van der Waals surface area (Å²) in [6.45, 7) is 3.72. The van der Waals surface area contributed by atoms with Crippen molar-refractivity contribution >= 4 is 11.6 Å². The van der Waals surface area contributed by atoms with Gasteiger partial charge in [-0.05, 0) is 50.5 Å². The molecule has 0 heterocycles.